The third kappa shape index (κ3) is 4.77. The molecule has 0 radical (unpaired) electrons. The third-order valence-electron chi connectivity index (χ3n) is 1.47. The van der Waals surface area contributed by atoms with Gasteiger partial charge in [0.2, 0.25) is 0 Å². The molecule has 0 bridgehead atoms. The summed E-state index contributed by atoms with van der Waals surface area (Å²) in [7, 11) is 0. The van der Waals surface area contributed by atoms with E-state index in [9.17, 15) is 0 Å². The lowest BCUT2D eigenvalue weighted by Gasteiger charge is -2.06. The molecule has 0 unspecified atom stereocenters. The number of hydrogen-bond donors (Lipinski definition) is 2. The van der Waals surface area contributed by atoms with Gasteiger partial charge in [-0.3, -0.25) is 0 Å². The zero-order valence-corrected chi connectivity index (χ0v) is 7.41. The highest BCUT2D eigenvalue weighted by Gasteiger charge is 2.02. The molecule has 0 aromatic carbocycles. The van der Waals surface area contributed by atoms with Gasteiger partial charge in [0.1, 0.15) is 0 Å². The van der Waals surface area contributed by atoms with Gasteiger partial charge in [-0.2, -0.15) is 0 Å². The lowest BCUT2D eigenvalue weighted by atomic mass is 10.3. The van der Waals surface area contributed by atoms with E-state index < -0.39 is 0 Å². The molecule has 62 valence electrons. The summed E-state index contributed by atoms with van der Waals surface area (Å²) in [5, 5.41) is 6.72. The van der Waals surface area contributed by atoms with Gasteiger partial charge in [-0.25, -0.2) is 0 Å². The van der Waals surface area contributed by atoms with Crippen molar-refractivity contribution in [3.8, 4) is 0 Å². The van der Waals surface area contributed by atoms with E-state index in [1.54, 1.807) is 0 Å². The molecular formula is C8H20N2. The Bertz CT molecular complexity index is 56.3. The maximum absolute atomic E-state index is 3.38. The fourth-order valence-electron chi connectivity index (χ4n) is 0.953. The van der Waals surface area contributed by atoms with Crippen LogP contribution in [0, 0.1) is 0 Å². The molecule has 1 fully saturated rings. The molecule has 0 aliphatic carbocycles. The standard InChI is InChI=1S/C6H14N2.C2H6/c1-6-5-7-3-2-4-8-6;1-2/h6-8H,2-5H2,1H3;1-2H3/t6-;/m0./s1. The Morgan fingerprint density at radius 3 is 2.60 bits per heavy atom. The zero-order chi connectivity index (χ0) is 7.82. The van der Waals surface area contributed by atoms with Gasteiger partial charge in [0.15, 0.2) is 0 Å². The molecule has 2 heteroatoms. The van der Waals surface area contributed by atoms with Crippen LogP contribution < -0.4 is 10.6 Å². The van der Waals surface area contributed by atoms with Crippen LogP contribution in [0.4, 0.5) is 0 Å². The van der Waals surface area contributed by atoms with Crippen molar-refractivity contribution in [3.05, 3.63) is 0 Å². The monoisotopic (exact) mass is 144 g/mol. The largest absolute Gasteiger partial charge is 0.315 e. The molecule has 0 aromatic heterocycles. The highest BCUT2D eigenvalue weighted by atomic mass is 15.0. The molecule has 0 aromatic rings. The van der Waals surface area contributed by atoms with Crippen LogP contribution in [-0.4, -0.2) is 25.7 Å². The predicted molar refractivity (Wildman–Crippen MR) is 46.3 cm³/mol. The van der Waals surface area contributed by atoms with Crippen molar-refractivity contribution in [3.63, 3.8) is 0 Å². The van der Waals surface area contributed by atoms with E-state index in [1.165, 1.54) is 19.5 Å². The SMILES string of the molecule is CC.C[C@H]1CNCCCN1. The topological polar surface area (TPSA) is 24.1 Å². The first-order valence-corrected chi connectivity index (χ1v) is 4.33. The predicted octanol–water partition coefficient (Wildman–Crippen LogP) is 0.984. The molecule has 1 heterocycles. The van der Waals surface area contributed by atoms with Gasteiger partial charge in [0.25, 0.3) is 0 Å². The summed E-state index contributed by atoms with van der Waals surface area (Å²) in [6.07, 6.45) is 1.27. The van der Waals surface area contributed by atoms with E-state index in [2.05, 4.69) is 17.6 Å². The summed E-state index contributed by atoms with van der Waals surface area (Å²) in [5.41, 5.74) is 0. The normalized spacial score (nSPS) is 26.1. The average Bonchev–Trinajstić information content (AvgIpc) is 2.21. The molecule has 0 saturated carbocycles. The smallest absolute Gasteiger partial charge is 0.0164 e. The Kier molecular flexibility index (Phi) is 6.98. The van der Waals surface area contributed by atoms with Crippen molar-refractivity contribution in [2.24, 2.45) is 0 Å². The minimum absolute atomic E-state index is 0.664. The molecule has 1 atom stereocenters. The van der Waals surface area contributed by atoms with Crippen LogP contribution in [0.15, 0.2) is 0 Å². The van der Waals surface area contributed by atoms with Crippen molar-refractivity contribution in [1.29, 1.82) is 0 Å². The van der Waals surface area contributed by atoms with Gasteiger partial charge >= 0.3 is 0 Å². The minimum Gasteiger partial charge on any atom is -0.315 e. The van der Waals surface area contributed by atoms with Crippen LogP contribution in [0.3, 0.4) is 0 Å². The Morgan fingerprint density at radius 1 is 1.20 bits per heavy atom. The maximum Gasteiger partial charge on any atom is 0.0164 e. The van der Waals surface area contributed by atoms with Crippen molar-refractivity contribution >= 4 is 0 Å². The fourth-order valence-corrected chi connectivity index (χ4v) is 0.953. The van der Waals surface area contributed by atoms with Crippen molar-refractivity contribution in [1.82, 2.24) is 10.6 Å². The first-order valence-electron chi connectivity index (χ1n) is 4.33. The molecular weight excluding hydrogens is 124 g/mol. The second-order valence-corrected chi connectivity index (χ2v) is 2.41. The minimum atomic E-state index is 0.664. The number of hydrogen-bond acceptors (Lipinski definition) is 2. The highest BCUT2D eigenvalue weighted by Crippen LogP contribution is 1.85. The van der Waals surface area contributed by atoms with E-state index in [0.29, 0.717) is 6.04 Å². The maximum atomic E-state index is 3.38. The van der Waals surface area contributed by atoms with Gasteiger partial charge in [0, 0.05) is 12.6 Å². The lowest BCUT2D eigenvalue weighted by molar-refractivity contribution is 0.568. The van der Waals surface area contributed by atoms with E-state index in [-0.39, 0.29) is 0 Å². The Morgan fingerprint density at radius 2 is 1.90 bits per heavy atom. The Hall–Kier alpha value is -0.0800. The summed E-state index contributed by atoms with van der Waals surface area (Å²) < 4.78 is 0. The van der Waals surface area contributed by atoms with Gasteiger partial charge in [-0.1, -0.05) is 13.8 Å². The van der Waals surface area contributed by atoms with E-state index in [0.717, 1.165) is 6.54 Å². The van der Waals surface area contributed by atoms with E-state index >= 15 is 0 Å². The third-order valence-corrected chi connectivity index (χ3v) is 1.47. The van der Waals surface area contributed by atoms with Crippen LogP contribution in [0.2, 0.25) is 0 Å². The van der Waals surface area contributed by atoms with Crippen LogP contribution in [0.5, 0.6) is 0 Å². The van der Waals surface area contributed by atoms with E-state index in [4.69, 9.17) is 0 Å². The van der Waals surface area contributed by atoms with Gasteiger partial charge in [-0.05, 0) is 26.4 Å². The average molecular weight is 144 g/mol. The first-order chi connectivity index (χ1) is 4.89. The zero-order valence-electron chi connectivity index (χ0n) is 7.41. The second kappa shape index (κ2) is 7.03. The second-order valence-electron chi connectivity index (χ2n) is 2.41. The van der Waals surface area contributed by atoms with Crippen LogP contribution in [0.1, 0.15) is 27.2 Å². The Balaban J connectivity index is 0.000000371. The molecule has 1 rings (SSSR count). The lowest BCUT2D eigenvalue weighted by Crippen LogP contribution is -2.31. The summed E-state index contributed by atoms with van der Waals surface area (Å²) in [5.74, 6) is 0. The molecule has 1 aliphatic rings. The molecule has 2 N–H and O–H groups in total. The van der Waals surface area contributed by atoms with Crippen molar-refractivity contribution in [2.75, 3.05) is 19.6 Å². The highest BCUT2D eigenvalue weighted by molar-refractivity contribution is 4.67. The molecule has 1 aliphatic heterocycles. The molecule has 0 spiro atoms. The van der Waals surface area contributed by atoms with Crippen LogP contribution in [0.25, 0.3) is 0 Å². The molecule has 2 nitrogen and oxygen atoms in total. The molecule has 1 saturated heterocycles. The van der Waals surface area contributed by atoms with Gasteiger partial charge in [0.05, 0.1) is 0 Å². The van der Waals surface area contributed by atoms with Gasteiger partial charge < -0.3 is 10.6 Å². The van der Waals surface area contributed by atoms with Crippen LogP contribution >= 0.6 is 0 Å². The molecule has 0 amide bonds. The number of nitrogens with one attached hydrogen (secondary N) is 2. The number of rotatable bonds is 0. The quantitative estimate of drug-likeness (QED) is 0.529. The first kappa shape index (κ1) is 9.92. The summed E-state index contributed by atoms with van der Waals surface area (Å²) in [4.78, 5) is 0. The van der Waals surface area contributed by atoms with Crippen molar-refractivity contribution < 1.29 is 0 Å². The van der Waals surface area contributed by atoms with E-state index in [1.807, 2.05) is 13.8 Å². The van der Waals surface area contributed by atoms with Gasteiger partial charge in [-0.15, -0.1) is 0 Å². The molecule has 10 heavy (non-hydrogen) atoms. The Labute approximate surface area is 64.4 Å². The summed E-state index contributed by atoms with van der Waals surface area (Å²) >= 11 is 0. The fraction of sp³-hybridized carbons (Fsp3) is 1.00. The summed E-state index contributed by atoms with van der Waals surface area (Å²) in [6, 6.07) is 0.664. The van der Waals surface area contributed by atoms with Crippen molar-refractivity contribution in [2.45, 2.75) is 33.2 Å². The summed E-state index contributed by atoms with van der Waals surface area (Å²) in [6.45, 7) is 9.68. The van der Waals surface area contributed by atoms with Crippen LogP contribution in [-0.2, 0) is 0 Å².